The number of fused-ring (bicyclic) bond motifs is 1. The smallest absolute Gasteiger partial charge is 0.276 e. The first-order chi connectivity index (χ1) is 12.4. The molecule has 26 heavy (non-hydrogen) atoms. The van der Waals surface area contributed by atoms with Crippen LogP contribution in [0.1, 0.15) is 30.7 Å². The number of nitrogens with zero attached hydrogens (tertiary/aromatic N) is 1. The number of aromatic amines is 1. The Kier molecular flexibility index (Phi) is 5.13. The van der Waals surface area contributed by atoms with E-state index in [1.807, 2.05) is 43.3 Å². The van der Waals surface area contributed by atoms with Gasteiger partial charge in [-0.3, -0.25) is 0 Å². The van der Waals surface area contributed by atoms with Gasteiger partial charge in [0.2, 0.25) is 0 Å². The third-order valence-electron chi connectivity index (χ3n) is 4.19. The molecular formula is C20H23N3O2S. The number of benzene rings is 2. The third-order valence-corrected chi connectivity index (χ3v) is 5.43. The topological polar surface area (TPSA) is 74.3 Å². The lowest BCUT2D eigenvalue weighted by molar-refractivity contribution is 0.584. The van der Waals surface area contributed by atoms with Crippen LogP contribution in [-0.2, 0) is 16.4 Å². The zero-order valence-corrected chi connectivity index (χ0v) is 16.0. The van der Waals surface area contributed by atoms with Crippen molar-refractivity contribution in [2.45, 2.75) is 32.1 Å². The van der Waals surface area contributed by atoms with Crippen molar-refractivity contribution < 1.29 is 8.42 Å². The SMILES string of the molecule is Cc1[nH]c2ccccc2c1/C=N\NS(=O)(=O)c1ccc(CC(C)C)cc1. The molecule has 0 aliphatic heterocycles. The second-order valence-electron chi connectivity index (χ2n) is 6.80. The highest BCUT2D eigenvalue weighted by Crippen LogP contribution is 2.20. The first kappa shape index (κ1) is 18.2. The number of nitrogens with one attached hydrogen (secondary N) is 2. The van der Waals surface area contributed by atoms with E-state index < -0.39 is 10.0 Å². The van der Waals surface area contributed by atoms with E-state index in [1.165, 1.54) is 0 Å². The summed E-state index contributed by atoms with van der Waals surface area (Å²) in [5.41, 5.74) is 3.93. The number of sulfonamides is 1. The molecule has 0 radical (unpaired) electrons. The van der Waals surface area contributed by atoms with Gasteiger partial charge >= 0.3 is 0 Å². The molecule has 0 saturated heterocycles. The van der Waals surface area contributed by atoms with Crippen molar-refractivity contribution >= 4 is 27.1 Å². The second-order valence-corrected chi connectivity index (χ2v) is 8.46. The summed E-state index contributed by atoms with van der Waals surface area (Å²) >= 11 is 0. The Morgan fingerprint density at radius 3 is 2.50 bits per heavy atom. The predicted octanol–water partition coefficient (Wildman–Crippen LogP) is 3.99. The molecule has 1 heterocycles. The quantitative estimate of drug-likeness (QED) is 0.509. The molecule has 0 spiro atoms. The Morgan fingerprint density at radius 2 is 1.81 bits per heavy atom. The standard InChI is InChI=1S/C20H23N3O2S/c1-14(2)12-16-8-10-17(11-9-16)26(24,25)23-21-13-19-15(3)22-20-7-5-4-6-18(19)20/h4-11,13-14,22-23H,12H2,1-3H3/b21-13-. The van der Waals surface area contributed by atoms with Crippen LogP contribution in [0.15, 0.2) is 58.5 Å². The minimum absolute atomic E-state index is 0.206. The summed E-state index contributed by atoms with van der Waals surface area (Å²) in [6.07, 6.45) is 2.46. The molecule has 0 atom stereocenters. The van der Waals surface area contributed by atoms with E-state index in [0.717, 1.165) is 34.1 Å². The van der Waals surface area contributed by atoms with E-state index in [0.29, 0.717) is 5.92 Å². The van der Waals surface area contributed by atoms with E-state index in [1.54, 1.807) is 18.3 Å². The van der Waals surface area contributed by atoms with Crippen molar-refractivity contribution in [1.29, 1.82) is 0 Å². The maximum absolute atomic E-state index is 12.4. The van der Waals surface area contributed by atoms with E-state index in [4.69, 9.17) is 0 Å². The predicted molar refractivity (Wildman–Crippen MR) is 106 cm³/mol. The summed E-state index contributed by atoms with van der Waals surface area (Å²) in [5, 5.41) is 4.97. The van der Waals surface area contributed by atoms with Gasteiger partial charge in [0, 0.05) is 22.2 Å². The minimum Gasteiger partial charge on any atom is -0.358 e. The lowest BCUT2D eigenvalue weighted by Gasteiger charge is -2.07. The van der Waals surface area contributed by atoms with Crippen LogP contribution >= 0.6 is 0 Å². The van der Waals surface area contributed by atoms with Gasteiger partial charge in [-0.2, -0.15) is 13.5 Å². The van der Waals surface area contributed by atoms with Gasteiger partial charge in [0.15, 0.2) is 0 Å². The molecule has 0 aliphatic rings. The highest BCUT2D eigenvalue weighted by molar-refractivity contribution is 7.89. The zero-order chi connectivity index (χ0) is 18.7. The number of hydrogen-bond donors (Lipinski definition) is 2. The maximum atomic E-state index is 12.4. The molecule has 0 amide bonds. The molecule has 3 rings (SSSR count). The first-order valence-corrected chi connectivity index (χ1v) is 10.1. The molecule has 6 heteroatoms. The molecule has 0 fully saturated rings. The van der Waals surface area contributed by atoms with Crippen LogP contribution in [0.25, 0.3) is 10.9 Å². The van der Waals surface area contributed by atoms with Crippen LogP contribution in [0, 0.1) is 12.8 Å². The van der Waals surface area contributed by atoms with Gasteiger partial charge < -0.3 is 4.98 Å². The lowest BCUT2D eigenvalue weighted by atomic mass is 10.0. The molecule has 0 aliphatic carbocycles. The monoisotopic (exact) mass is 369 g/mol. The number of hydrogen-bond acceptors (Lipinski definition) is 3. The van der Waals surface area contributed by atoms with E-state index in [2.05, 4.69) is 28.8 Å². The molecular weight excluding hydrogens is 346 g/mol. The number of aryl methyl sites for hydroxylation is 1. The third kappa shape index (κ3) is 3.96. The number of para-hydroxylation sites is 1. The van der Waals surface area contributed by atoms with E-state index in [-0.39, 0.29) is 4.90 Å². The van der Waals surface area contributed by atoms with Gasteiger partial charge in [0.05, 0.1) is 11.1 Å². The zero-order valence-electron chi connectivity index (χ0n) is 15.2. The fourth-order valence-corrected chi connectivity index (χ4v) is 3.75. The molecule has 0 saturated carbocycles. The first-order valence-electron chi connectivity index (χ1n) is 8.58. The van der Waals surface area contributed by atoms with Crippen LogP contribution < -0.4 is 4.83 Å². The Balaban J connectivity index is 1.77. The Hall–Kier alpha value is -2.60. The fraction of sp³-hybridized carbons (Fsp3) is 0.250. The highest BCUT2D eigenvalue weighted by atomic mass is 32.2. The molecule has 3 aromatic rings. The molecule has 5 nitrogen and oxygen atoms in total. The average Bonchev–Trinajstić information content (AvgIpc) is 2.90. The summed E-state index contributed by atoms with van der Waals surface area (Å²) < 4.78 is 24.8. The van der Waals surface area contributed by atoms with Crippen LogP contribution in [-0.4, -0.2) is 19.6 Å². The van der Waals surface area contributed by atoms with Crippen molar-refractivity contribution in [3.63, 3.8) is 0 Å². The van der Waals surface area contributed by atoms with Gasteiger partial charge in [-0.1, -0.05) is 44.2 Å². The van der Waals surface area contributed by atoms with Gasteiger partial charge in [0.25, 0.3) is 10.0 Å². The number of H-pyrrole nitrogens is 1. The Morgan fingerprint density at radius 1 is 1.12 bits per heavy atom. The van der Waals surface area contributed by atoms with Crippen LogP contribution in [0.3, 0.4) is 0 Å². The van der Waals surface area contributed by atoms with Gasteiger partial charge in [-0.15, -0.1) is 0 Å². The van der Waals surface area contributed by atoms with Crippen molar-refractivity contribution in [1.82, 2.24) is 9.82 Å². The maximum Gasteiger partial charge on any atom is 0.276 e. The second kappa shape index (κ2) is 7.33. The Bertz CT molecular complexity index is 1030. The van der Waals surface area contributed by atoms with Crippen LogP contribution in [0.5, 0.6) is 0 Å². The minimum atomic E-state index is -3.68. The highest BCUT2D eigenvalue weighted by Gasteiger charge is 2.13. The van der Waals surface area contributed by atoms with Crippen molar-refractivity contribution in [2.24, 2.45) is 11.0 Å². The van der Waals surface area contributed by atoms with Gasteiger partial charge in [-0.25, -0.2) is 4.83 Å². The van der Waals surface area contributed by atoms with E-state index >= 15 is 0 Å². The Labute approximate surface area is 154 Å². The molecule has 1 aromatic heterocycles. The molecule has 0 unspecified atom stereocenters. The summed E-state index contributed by atoms with van der Waals surface area (Å²) in [4.78, 5) is 5.76. The lowest BCUT2D eigenvalue weighted by Crippen LogP contribution is -2.18. The van der Waals surface area contributed by atoms with Crippen LogP contribution in [0.4, 0.5) is 0 Å². The van der Waals surface area contributed by atoms with E-state index in [9.17, 15) is 8.42 Å². The number of rotatable bonds is 6. The van der Waals surface area contributed by atoms with Gasteiger partial charge in [0.1, 0.15) is 0 Å². The molecule has 2 aromatic carbocycles. The summed E-state index contributed by atoms with van der Waals surface area (Å²) in [6.45, 7) is 6.20. The summed E-state index contributed by atoms with van der Waals surface area (Å²) in [7, 11) is -3.68. The molecule has 2 N–H and O–H groups in total. The normalized spacial score (nSPS) is 12.3. The van der Waals surface area contributed by atoms with Gasteiger partial charge in [-0.05, 0) is 43.0 Å². The number of aromatic nitrogens is 1. The van der Waals surface area contributed by atoms with Crippen LogP contribution in [0.2, 0.25) is 0 Å². The summed E-state index contributed by atoms with van der Waals surface area (Å²) in [6, 6.07) is 14.8. The fourth-order valence-electron chi connectivity index (χ4n) is 2.95. The summed E-state index contributed by atoms with van der Waals surface area (Å²) in [5.74, 6) is 0.527. The largest absolute Gasteiger partial charge is 0.358 e. The number of hydrazone groups is 1. The van der Waals surface area contributed by atoms with Crippen molar-refractivity contribution in [3.05, 3.63) is 65.4 Å². The molecule has 0 bridgehead atoms. The molecule has 136 valence electrons. The van der Waals surface area contributed by atoms with Crippen molar-refractivity contribution in [3.8, 4) is 0 Å². The average molecular weight is 369 g/mol. The van der Waals surface area contributed by atoms with Crippen molar-refractivity contribution in [2.75, 3.05) is 0 Å².